The Morgan fingerprint density at radius 1 is 1.47 bits per heavy atom. The molecular formula is C14H19NOS. The molecule has 0 saturated heterocycles. The molecule has 0 radical (unpaired) electrons. The fraction of sp³-hybridized carbons (Fsp3) is 0.429. The molecule has 1 N–H and O–H groups in total. The van der Waals surface area contributed by atoms with E-state index >= 15 is 0 Å². The van der Waals surface area contributed by atoms with E-state index < -0.39 is 0 Å². The third-order valence-corrected chi connectivity index (χ3v) is 4.28. The van der Waals surface area contributed by atoms with Gasteiger partial charge in [-0.3, -0.25) is 4.90 Å². The van der Waals surface area contributed by atoms with E-state index in [4.69, 9.17) is 5.11 Å². The molecule has 1 unspecified atom stereocenters. The first-order valence-corrected chi connectivity index (χ1v) is 6.90. The number of aliphatic hydroxyl groups excluding tert-OH is 1. The highest BCUT2D eigenvalue weighted by atomic mass is 32.2. The van der Waals surface area contributed by atoms with E-state index in [0.717, 1.165) is 26.1 Å². The van der Waals surface area contributed by atoms with Crippen molar-refractivity contribution in [3.63, 3.8) is 0 Å². The molecule has 1 aliphatic rings. The lowest BCUT2D eigenvalue weighted by Gasteiger charge is -2.22. The summed E-state index contributed by atoms with van der Waals surface area (Å²) in [6, 6.07) is 8.62. The van der Waals surface area contributed by atoms with E-state index in [2.05, 4.69) is 35.7 Å². The van der Waals surface area contributed by atoms with Crippen molar-refractivity contribution in [1.29, 1.82) is 0 Å². The molecular weight excluding hydrogens is 230 g/mol. The topological polar surface area (TPSA) is 23.5 Å². The summed E-state index contributed by atoms with van der Waals surface area (Å²) in [4.78, 5) is 3.68. The van der Waals surface area contributed by atoms with E-state index in [1.807, 2.05) is 17.8 Å². The van der Waals surface area contributed by atoms with Crippen LogP contribution in [-0.2, 0) is 6.42 Å². The van der Waals surface area contributed by atoms with Gasteiger partial charge in [-0.1, -0.05) is 24.3 Å². The molecule has 0 bridgehead atoms. The molecule has 1 aromatic carbocycles. The van der Waals surface area contributed by atoms with Crippen LogP contribution in [0.5, 0.6) is 0 Å². The van der Waals surface area contributed by atoms with Crippen LogP contribution >= 0.6 is 11.8 Å². The lowest BCUT2D eigenvalue weighted by atomic mass is 10.1. The molecule has 0 aromatic heterocycles. The predicted molar refractivity (Wildman–Crippen MR) is 73.5 cm³/mol. The van der Waals surface area contributed by atoms with Gasteiger partial charge < -0.3 is 5.11 Å². The summed E-state index contributed by atoms with van der Waals surface area (Å²) in [5, 5.41) is 9.64. The molecule has 0 saturated carbocycles. The number of hydrogen-bond acceptors (Lipinski definition) is 3. The summed E-state index contributed by atoms with van der Waals surface area (Å²) in [7, 11) is 0. The van der Waals surface area contributed by atoms with Gasteiger partial charge in [0, 0.05) is 29.8 Å². The minimum Gasteiger partial charge on any atom is -0.395 e. The van der Waals surface area contributed by atoms with E-state index in [0.29, 0.717) is 5.25 Å². The number of fused-ring (bicyclic) bond motifs is 1. The number of thioether (sulfide) groups is 1. The molecule has 0 fully saturated rings. The molecule has 0 aliphatic carbocycles. The van der Waals surface area contributed by atoms with Gasteiger partial charge in [-0.2, -0.15) is 0 Å². The lowest BCUT2D eigenvalue weighted by molar-refractivity contribution is 0.209. The minimum absolute atomic E-state index is 0.220. The number of benzene rings is 1. The highest BCUT2D eigenvalue weighted by molar-refractivity contribution is 8.00. The van der Waals surface area contributed by atoms with Gasteiger partial charge in [0.2, 0.25) is 0 Å². The third-order valence-electron chi connectivity index (χ3n) is 2.98. The smallest absolute Gasteiger partial charge is 0.0558 e. The van der Waals surface area contributed by atoms with Crippen LogP contribution in [0.3, 0.4) is 0 Å². The Morgan fingerprint density at radius 3 is 3.00 bits per heavy atom. The van der Waals surface area contributed by atoms with Crippen LogP contribution in [0.4, 0.5) is 0 Å². The second-order valence-electron chi connectivity index (χ2n) is 4.32. The number of hydrogen-bond donors (Lipinski definition) is 1. The van der Waals surface area contributed by atoms with Crippen molar-refractivity contribution in [3.05, 3.63) is 42.5 Å². The Morgan fingerprint density at radius 2 is 2.29 bits per heavy atom. The first-order valence-electron chi connectivity index (χ1n) is 6.02. The molecule has 2 rings (SSSR count). The van der Waals surface area contributed by atoms with Gasteiger partial charge >= 0.3 is 0 Å². The summed E-state index contributed by atoms with van der Waals surface area (Å²) in [5.74, 6) is 0. The average Bonchev–Trinajstić information content (AvgIpc) is 2.71. The zero-order valence-electron chi connectivity index (χ0n) is 10.0. The lowest BCUT2D eigenvalue weighted by Crippen LogP contribution is -2.33. The van der Waals surface area contributed by atoms with Gasteiger partial charge in [0.25, 0.3) is 0 Å². The van der Waals surface area contributed by atoms with Crippen molar-refractivity contribution in [2.45, 2.75) is 16.6 Å². The molecule has 2 nitrogen and oxygen atoms in total. The maximum atomic E-state index is 9.03. The van der Waals surface area contributed by atoms with Crippen molar-refractivity contribution in [1.82, 2.24) is 4.90 Å². The van der Waals surface area contributed by atoms with Gasteiger partial charge in [-0.25, -0.2) is 0 Å². The molecule has 1 heterocycles. The quantitative estimate of drug-likeness (QED) is 0.782. The molecule has 0 spiro atoms. The van der Waals surface area contributed by atoms with E-state index in [1.54, 1.807) is 0 Å². The van der Waals surface area contributed by atoms with Gasteiger partial charge in [0.05, 0.1) is 6.61 Å². The Labute approximate surface area is 107 Å². The number of aliphatic hydroxyl groups is 1. The zero-order valence-corrected chi connectivity index (χ0v) is 10.8. The first-order chi connectivity index (χ1) is 8.33. The third kappa shape index (κ3) is 3.35. The van der Waals surface area contributed by atoms with Crippen molar-refractivity contribution in [2.24, 2.45) is 0 Å². The van der Waals surface area contributed by atoms with Gasteiger partial charge in [0.1, 0.15) is 0 Å². The van der Waals surface area contributed by atoms with Crippen LogP contribution in [0, 0.1) is 0 Å². The Bertz CT molecular complexity index is 355. The standard InChI is InChI=1S/C14H19NOS/c1-2-7-15(8-9-16)11-13-10-12-5-3-4-6-14(12)17-13/h2-6,13,16H,1,7-11H2. The molecule has 1 aromatic rings. The Balaban J connectivity index is 1.91. The molecule has 17 heavy (non-hydrogen) atoms. The Kier molecular flexibility index (Phi) is 4.66. The van der Waals surface area contributed by atoms with Crippen LogP contribution in [0.15, 0.2) is 41.8 Å². The van der Waals surface area contributed by atoms with Gasteiger partial charge in [-0.05, 0) is 18.1 Å². The summed E-state index contributed by atoms with van der Waals surface area (Å²) < 4.78 is 0. The monoisotopic (exact) mass is 249 g/mol. The van der Waals surface area contributed by atoms with Crippen molar-refractivity contribution >= 4 is 11.8 Å². The molecule has 3 heteroatoms. The SMILES string of the molecule is C=CCN(CCO)CC1Cc2ccccc2S1. The molecule has 1 aliphatic heterocycles. The maximum Gasteiger partial charge on any atom is 0.0558 e. The van der Waals surface area contributed by atoms with E-state index in [9.17, 15) is 0 Å². The number of nitrogens with zero attached hydrogens (tertiary/aromatic N) is 1. The molecule has 1 atom stereocenters. The maximum absolute atomic E-state index is 9.03. The van der Waals surface area contributed by atoms with E-state index in [-0.39, 0.29) is 6.61 Å². The van der Waals surface area contributed by atoms with E-state index in [1.165, 1.54) is 10.5 Å². The second kappa shape index (κ2) is 6.24. The molecule has 92 valence electrons. The first kappa shape index (κ1) is 12.7. The zero-order chi connectivity index (χ0) is 12.1. The summed E-state index contributed by atoms with van der Waals surface area (Å²) in [5.41, 5.74) is 1.46. The van der Waals surface area contributed by atoms with Gasteiger partial charge in [-0.15, -0.1) is 18.3 Å². The fourth-order valence-electron chi connectivity index (χ4n) is 2.22. The van der Waals surface area contributed by atoms with Crippen LogP contribution < -0.4 is 0 Å². The Hall–Kier alpha value is -0.770. The predicted octanol–water partition coefficient (Wildman–Crippen LogP) is 2.18. The van der Waals surface area contributed by atoms with Crippen molar-refractivity contribution in [3.8, 4) is 0 Å². The normalized spacial score (nSPS) is 18.4. The van der Waals surface area contributed by atoms with Crippen LogP contribution in [-0.4, -0.2) is 41.5 Å². The molecule has 0 amide bonds. The second-order valence-corrected chi connectivity index (χ2v) is 5.67. The van der Waals surface area contributed by atoms with Crippen LogP contribution in [0.1, 0.15) is 5.56 Å². The minimum atomic E-state index is 0.220. The largest absolute Gasteiger partial charge is 0.395 e. The van der Waals surface area contributed by atoms with Crippen LogP contribution in [0.2, 0.25) is 0 Å². The van der Waals surface area contributed by atoms with Crippen LogP contribution in [0.25, 0.3) is 0 Å². The highest BCUT2D eigenvalue weighted by Gasteiger charge is 2.23. The average molecular weight is 249 g/mol. The summed E-state index contributed by atoms with van der Waals surface area (Å²) in [6.45, 7) is 6.60. The van der Waals surface area contributed by atoms with Gasteiger partial charge in [0.15, 0.2) is 0 Å². The summed E-state index contributed by atoms with van der Waals surface area (Å²) in [6.07, 6.45) is 3.04. The fourth-order valence-corrected chi connectivity index (χ4v) is 3.59. The number of rotatable bonds is 6. The van der Waals surface area contributed by atoms with Crippen molar-refractivity contribution in [2.75, 3.05) is 26.2 Å². The highest BCUT2D eigenvalue weighted by Crippen LogP contribution is 2.36. The summed E-state index contributed by atoms with van der Waals surface area (Å²) >= 11 is 1.96. The van der Waals surface area contributed by atoms with Crippen molar-refractivity contribution < 1.29 is 5.11 Å².